The fourth-order valence-electron chi connectivity index (χ4n) is 2.06. The van der Waals surface area contributed by atoms with Crippen LogP contribution in [0.2, 0.25) is 5.02 Å². The Kier molecular flexibility index (Phi) is 4.64. The van der Waals surface area contributed by atoms with Gasteiger partial charge < -0.3 is 5.11 Å². The van der Waals surface area contributed by atoms with Gasteiger partial charge in [-0.1, -0.05) is 35.0 Å². The smallest absolute Gasteiger partial charge is 0.358 e. The molecule has 116 valence electrons. The first-order valence-electron chi connectivity index (χ1n) is 6.77. The van der Waals surface area contributed by atoms with E-state index in [0.717, 1.165) is 10.6 Å². The van der Waals surface area contributed by atoms with Gasteiger partial charge in [-0.15, -0.1) is 16.9 Å². The number of nitrogens with zero attached hydrogens (tertiary/aromatic N) is 3. The van der Waals surface area contributed by atoms with Crippen molar-refractivity contribution >= 4 is 29.3 Å². The molecule has 0 saturated heterocycles. The second-order valence-corrected chi connectivity index (χ2v) is 6.17. The molecule has 0 fully saturated rings. The van der Waals surface area contributed by atoms with Crippen LogP contribution < -0.4 is 0 Å². The van der Waals surface area contributed by atoms with E-state index in [9.17, 15) is 9.90 Å². The molecule has 23 heavy (non-hydrogen) atoms. The number of hydrogen-bond donors (Lipinski definition) is 1. The van der Waals surface area contributed by atoms with Gasteiger partial charge >= 0.3 is 5.97 Å². The van der Waals surface area contributed by atoms with Crippen LogP contribution in [0.25, 0.3) is 5.69 Å². The lowest BCUT2D eigenvalue weighted by Crippen LogP contribution is -2.05. The summed E-state index contributed by atoms with van der Waals surface area (Å²) in [4.78, 5) is 12.4. The molecule has 0 radical (unpaired) electrons. The first-order chi connectivity index (χ1) is 11.1. The van der Waals surface area contributed by atoms with E-state index in [1.54, 1.807) is 24.3 Å². The lowest BCUT2D eigenvalue weighted by Gasteiger charge is -2.07. The number of carboxylic acids is 1. The highest BCUT2D eigenvalue weighted by Crippen LogP contribution is 2.25. The second-order valence-electron chi connectivity index (χ2n) is 4.68. The number of carbonyl (C=O) groups is 1. The van der Waals surface area contributed by atoms with E-state index in [4.69, 9.17) is 11.6 Å². The van der Waals surface area contributed by atoms with Gasteiger partial charge in [0, 0.05) is 15.7 Å². The Morgan fingerprint density at radius 3 is 2.48 bits per heavy atom. The lowest BCUT2D eigenvalue weighted by molar-refractivity contribution is 0.0689. The molecule has 7 heteroatoms. The van der Waals surface area contributed by atoms with Crippen LogP contribution in [0.4, 0.5) is 0 Å². The molecule has 0 amide bonds. The number of carboxylic acid groups (broad SMARTS) is 1. The maximum absolute atomic E-state index is 11.4. The third kappa shape index (κ3) is 3.55. The monoisotopic (exact) mass is 345 g/mol. The highest BCUT2D eigenvalue weighted by atomic mass is 35.5. The molecule has 3 rings (SSSR count). The number of benzene rings is 2. The van der Waals surface area contributed by atoms with Crippen molar-refractivity contribution in [3.8, 4) is 5.69 Å². The molecule has 0 bridgehead atoms. The quantitative estimate of drug-likeness (QED) is 0.710. The standard InChI is InChI=1S/C16H12ClN3O2S/c17-11-6-8-12(9-7-11)20-14(15(16(21)22)18-19-20)10-23-13-4-2-1-3-5-13/h1-9H,10H2,(H,21,22). The maximum Gasteiger partial charge on any atom is 0.358 e. The summed E-state index contributed by atoms with van der Waals surface area (Å²) in [6.07, 6.45) is 0. The Morgan fingerprint density at radius 1 is 1.13 bits per heavy atom. The molecule has 5 nitrogen and oxygen atoms in total. The molecule has 0 aliphatic rings. The van der Waals surface area contributed by atoms with Crippen molar-refractivity contribution in [2.45, 2.75) is 10.6 Å². The number of aromatic carboxylic acids is 1. The first-order valence-corrected chi connectivity index (χ1v) is 8.13. The largest absolute Gasteiger partial charge is 0.476 e. The number of hydrogen-bond acceptors (Lipinski definition) is 4. The van der Waals surface area contributed by atoms with E-state index in [1.807, 2.05) is 30.3 Å². The van der Waals surface area contributed by atoms with Crippen molar-refractivity contribution in [1.29, 1.82) is 0 Å². The molecule has 0 aliphatic carbocycles. The van der Waals surface area contributed by atoms with Crippen LogP contribution >= 0.6 is 23.4 Å². The average molecular weight is 346 g/mol. The predicted molar refractivity (Wildman–Crippen MR) is 89.3 cm³/mol. The highest BCUT2D eigenvalue weighted by Gasteiger charge is 2.20. The van der Waals surface area contributed by atoms with E-state index in [-0.39, 0.29) is 5.69 Å². The van der Waals surface area contributed by atoms with Gasteiger partial charge in [0.2, 0.25) is 0 Å². The fourth-order valence-corrected chi connectivity index (χ4v) is 3.09. The Labute approximate surface area is 141 Å². The predicted octanol–water partition coefficient (Wildman–Crippen LogP) is 3.91. The molecule has 1 N–H and O–H groups in total. The molecular weight excluding hydrogens is 334 g/mol. The maximum atomic E-state index is 11.4. The van der Waals surface area contributed by atoms with Crippen LogP contribution in [0, 0.1) is 0 Å². The van der Waals surface area contributed by atoms with Crippen LogP contribution in [0.1, 0.15) is 16.2 Å². The highest BCUT2D eigenvalue weighted by molar-refractivity contribution is 7.98. The Bertz CT molecular complexity index is 819. The zero-order chi connectivity index (χ0) is 16.2. The van der Waals surface area contributed by atoms with Gasteiger partial charge in [-0.05, 0) is 36.4 Å². The van der Waals surface area contributed by atoms with Crippen molar-refractivity contribution in [1.82, 2.24) is 15.0 Å². The lowest BCUT2D eigenvalue weighted by atomic mass is 10.3. The Hall–Kier alpha value is -2.31. The van der Waals surface area contributed by atoms with Gasteiger partial charge in [0.25, 0.3) is 0 Å². The van der Waals surface area contributed by atoms with Crippen LogP contribution in [-0.4, -0.2) is 26.1 Å². The van der Waals surface area contributed by atoms with Crippen LogP contribution in [0.15, 0.2) is 59.5 Å². The molecule has 0 atom stereocenters. The van der Waals surface area contributed by atoms with E-state index >= 15 is 0 Å². The average Bonchev–Trinajstić information content (AvgIpc) is 2.99. The van der Waals surface area contributed by atoms with E-state index in [2.05, 4.69) is 10.3 Å². The molecule has 0 aliphatic heterocycles. The number of halogens is 1. The number of aromatic nitrogens is 3. The van der Waals surface area contributed by atoms with E-state index < -0.39 is 5.97 Å². The van der Waals surface area contributed by atoms with Crippen LogP contribution in [0.5, 0.6) is 0 Å². The number of thioether (sulfide) groups is 1. The van der Waals surface area contributed by atoms with E-state index in [1.165, 1.54) is 16.4 Å². The third-order valence-electron chi connectivity index (χ3n) is 3.16. The molecule has 0 unspecified atom stereocenters. The summed E-state index contributed by atoms with van der Waals surface area (Å²) in [7, 11) is 0. The van der Waals surface area contributed by atoms with Gasteiger partial charge in [-0.3, -0.25) is 0 Å². The van der Waals surface area contributed by atoms with Crippen molar-refractivity contribution in [2.24, 2.45) is 0 Å². The summed E-state index contributed by atoms with van der Waals surface area (Å²) in [6.45, 7) is 0. The minimum absolute atomic E-state index is 0.0385. The van der Waals surface area contributed by atoms with Gasteiger partial charge in [-0.25, -0.2) is 9.48 Å². The molecule has 1 heterocycles. The first kappa shape index (κ1) is 15.6. The third-order valence-corrected chi connectivity index (χ3v) is 4.43. The van der Waals surface area contributed by atoms with Gasteiger partial charge in [0.1, 0.15) is 0 Å². The fraction of sp³-hybridized carbons (Fsp3) is 0.0625. The topological polar surface area (TPSA) is 68.0 Å². The molecule has 0 spiro atoms. The summed E-state index contributed by atoms with van der Waals surface area (Å²) in [5.41, 5.74) is 1.22. The van der Waals surface area contributed by atoms with Gasteiger partial charge in [0.15, 0.2) is 5.69 Å². The normalized spacial score (nSPS) is 10.7. The van der Waals surface area contributed by atoms with Crippen LogP contribution in [-0.2, 0) is 5.75 Å². The molecule has 3 aromatic rings. The Balaban J connectivity index is 1.94. The summed E-state index contributed by atoms with van der Waals surface area (Å²) in [5.74, 6) is -0.643. The summed E-state index contributed by atoms with van der Waals surface area (Å²) in [6, 6.07) is 16.8. The molecule has 2 aromatic carbocycles. The zero-order valence-electron chi connectivity index (χ0n) is 11.9. The summed E-state index contributed by atoms with van der Waals surface area (Å²) < 4.78 is 1.54. The van der Waals surface area contributed by atoms with Crippen molar-refractivity contribution < 1.29 is 9.90 Å². The zero-order valence-corrected chi connectivity index (χ0v) is 13.5. The second kappa shape index (κ2) is 6.85. The van der Waals surface area contributed by atoms with Crippen molar-refractivity contribution in [3.05, 3.63) is 71.0 Å². The minimum Gasteiger partial charge on any atom is -0.476 e. The molecule has 0 saturated carbocycles. The summed E-state index contributed by atoms with van der Waals surface area (Å²) >= 11 is 7.42. The summed E-state index contributed by atoms with van der Waals surface area (Å²) in [5, 5.41) is 17.7. The van der Waals surface area contributed by atoms with Gasteiger partial charge in [-0.2, -0.15) is 0 Å². The molecular formula is C16H12ClN3O2S. The SMILES string of the molecule is O=C(O)c1nnn(-c2ccc(Cl)cc2)c1CSc1ccccc1. The van der Waals surface area contributed by atoms with Crippen molar-refractivity contribution in [3.63, 3.8) is 0 Å². The van der Waals surface area contributed by atoms with Crippen LogP contribution in [0.3, 0.4) is 0 Å². The minimum atomic E-state index is -1.09. The van der Waals surface area contributed by atoms with E-state index in [0.29, 0.717) is 16.5 Å². The van der Waals surface area contributed by atoms with Crippen molar-refractivity contribution in [2.75, 3.05) is 0 Å². The van der Waals surface area contributed by atoms with Gasteiger partial charge in [0.05, 0.1) is 11.4 Å². The Morgan fingerprint density at radius 2 is 1.83 bits per heavy atom. The number of rotatable bonds is 5. The molecule has 1 aromatic heterocycles.